The summed E-state index contributed by atoms with van der Waals surface area (Å²) in [5.41, 5.74) is 9.94. The minimum atomic E-state index is 0.680. The Morgan fingerprint density at radius 2 is 1.97 bits per heavy atom. The molecule has 37 heavy (non-hydrogen) atoms. The van der Waals surface area contributed by atoms with Gasteiger partial charge in [0.25, 0.3) is 0 Å². The molecule has 6 heteroatoms. The van der Waals surface area contributed by atoms with Crippen molar-refractivity contribution < 1.29 is 0 Å². The van der Waals surface area contributed by atoms with Crippen LogP contribution in [0.5, 0.6) is 0 Å². The van der Waals surface area contributed by atoms with Gasteiger partial charge in [0.15, 0.2) is 0 Å². The number of aromatic amines is 1. The summed E-state index contributed by atoms with van der Waals surface area (Å²) < 4.78 is 0. The number of fused-ring (bicyclic) bond motifs is 1. The van der Waals surface area contributed by atoms with Crippen molar-refractivity contribution in [3.8, 4) is 11.3 Å². The molecule has 1 aromatic carbocycles. The fourth-order valence-corrected chi connectivity index (χ4v) is 4.04. The second-order valence-electron chi connectivity index (χ2n) is 8.50. The molecule has 0 spiro atoms. The number of hydrogen-bond acceptors (Lipinski definition) is 5. The molecule has 0 aliphatic rings. The van der Waals surface area contributed by atoms with Gasteiger partial charge in [-0.2, -0.15) is 0 Å². The van der Waals surface area contributed by atoms with Gasteiger partial charge in [0.05, 0.1) is 17.4 Å². The Kier molecular flexibility index (Phi) is 7.79. The van der Waals surface area contributed by atoms with Crippen molar-refractivity contribution in [1.29, 1.82) is 0 Å². The Labute approximate surface area is 218 Å². The van der Waals surface area contributed by atoms with Crippen LogP contribution in [0.2, 0.25) is 0 Å². The summed E-state index contributed by atoms with van der Waals surface area (Å²) in [5, 5.41) is 6.61. The van der Waals surface area contributed by atoms with Crippen LogP contribution in [0.25, 0.3) is 33.4 Å². The van der Waals surface area contributed by atoms with E-state index < -0.39 is 0 Å². The summed E-state index contributed by atoms with van der Waals surface area (Å²) >= 11 is 0. The molecule has 0 fully saturated rings. The molecule has 0 aliphatic carbocycles. The van der Waals surface area contributed by atoms with E-state index in [2.05, 4.69) is 82.6 Å². The van der Waals surface area contributed by atoms with Gasteiger partial charge >= 0.3 is 0 Å². The lowest BCUT2D eigenvalue weighted by Crippen LogP contribution is -2.09. The quantitative estimate of drug-likeness (QED) is 0.207. The number of nitrogens with zero attached hydrogens (tertiary/aromatic N) is 3. The van der Waals surface area contributed by atoms with Crippen LogP contribution in [0.15, 0.2) is 104 Å². The van der Waals surface area contributed by atoms with Gasteiger partial charge in [0, 0.05) is 53.2 Å². The smallest absolute Gasteiger partial charge is 0.138 e. The van der Waals surface area contributed by atoms with Crippen LogP contribution in [0, 0.1) is 0 Å². The number of rotatable bonds is 10. The van der Waals surface area contributed by atoms with E-state index in [9.17, 15) is 0 Å². The summed E-state index contributed by atoms with van der Waals surface area (Å²) in [6, 6.07) is 12.1. The third kappa shape index (κ3) is 5.43. The highest BCUT2D eigenvalue weighted by molar-refractivity contribution is 5.93. The van der Waals surface area contributed by atoms with Crippen molar-refractivity contribution in [3.05, 3.63) is 121 Å². The number of anilines is 1. The third-order valence-corrected chi connectivity index (χ3v) is 6.16. The molecule has 186 valence electrons. The third-order valence-electron chi connectivity index (χ3n) is 6.16. The number of aromatic nitrogens is 4. The average molecular weight is 489 g/mol. The topological polar surface area (TPSA) is 78.5 Å². The molecule has 4 aromatic rings. The summed E-state index contributed by atoms with van der Waals surface area (Å²) in [6.07, 6.45) is 12.1. The first-order chi connectivity index (χ1) is 18.0. The van der Waals surface area contributed by atoms with Gasteiger partial charge < -0.3 is 15.6 Å². The Hall–Kier alpha value is -4.71. The van der Waals surface area contributed by atoms with E-state index in [0.717, 1.165) is 68.1 Å². The van der Waals surface area contributed by atoms with Gasteiger partial charge in [-0.3, -0.25) is 9.97 Å². The minimum absolute atomic E-state index is 0.680. The molecule has 0 aliphatic heterocycles. The first kappa shape index (κ1) is 25.4. The summed E-state index contributed by atoms with van der Waals surface area (Å²) in [7, 11) is 1.90. The molecule has 3 N–H and O–H groups in total. The Bertz CT molecular complexity index is 1520. The number of imidazole rings is 1. The van der Waals surface area contributed by atoms with Gasteiger partial charge in [-0.25, -0.2) is 4.98 Å². The Morgan fingerprint density at radius 1 is 1.14 bits per heavy atom. The fourth-order valence-electron chi connectivity index (χ4n) is 4.04. The van der Waals surface area contributed by atoms with Crippen LogP contribution in [0.4, 0.5) is 5.69 Å². The molecule has 0 amide bonds. The number of benzene rings is 1. The molecular weight excluding hydrogens is 456 g/mol. The van der Waals surface area contributed by atoms with E-state index in [4.69, 9.17) is 4.98 Å². The highest BCUT2D eigenvalue weighted by Crippen LogP contribution is 2.33. The van der Waals surface area contributed by atoms with Gasteiger partial charge in [-0.05, 0) is 60.9 Å². The number of hydrogen-bond donors (Lipinski definition) is 3. The van der Waals surface area contributed by atoms with Crippen molar-refractivity contribution in [2.75, 3.05) is 12.4 Å². The second kappa shape index (κ2) is 11.4. The van der Waals surface area contributed by atoms with Gasteiger partial charge in [0.2, 0.25) is 0 Å². The van der Waals surface area contributed by atoms with E-state index in [1.54, 1.807) is 24.7 Å². The maximum Gasteiger partial charge on any atom is 0.138 e. The zero-order valence-electron chi connectivity index (χ0n) is 21.6. The lowest BCUT2D eigenvalue weighted by molar-refractivity contribution is 0.921. The Morgan fingerprint density at radius 3 is 2.65 bits per heavy atom. The molecular formula is C31H32N6. The lowest BCUT2D eigenvalue weighted by atomic mass is 9.96. The summed E-state index contributed by atoms with van der Waals surface area (Å²) in [6.45, 7) is 16.5. The molecule has 0 saturated heterocycles. The maximum atomic E-state index is 4.92. The van der Waals surface area contributed by atoms with E-state index in [0.29, 0.717) is 5.82 Å². The molecule has 4 rings (SSSR count). The first-order valence-electron chi connectivity index (χ1n) is 12.2. The van der Waals surface area contributed by atoms with E-state index in [1.807, 2.05) is 32.2 Å². The van der Waals surface area contributed by atoms with E-state index in [1.165, 1.54) is 0 Å². The highest BCUT2D eigenvalue weighted by Gasteiger charge is 2.16. The molecule has 0 radical (unpaired) electrons. The normalized spacial score (nSPS) is 11.9. The molecule has 6 nitrogen and oxygen atoms in total. The van der Waals surface area contributed by atoms with E-state index in [-0.39, 0.29) is 0 Å². The van der Waals surface area contributed by atoms with Crippen LogP contribution < -0.4 is 10.6 Å². The molecule has 0 atom stereocenters. The lowest BCUT2D eigenvalue weighted by Gasteiger charge is -2.14. The maximum absolute atomic E-state index is 4.92. The first-order valence-corrected chi connectivity index (χ1v) is 12.2. The SMILES string of the molecule is C=C/C(=C\C(=C/C)c1ccc(NC)c(C(=C)c2nc3c(-c4ccccn4)cncc3[nH]2)c1)NC(=C)CC. The largest absolute Gasteiger partial charge is 0.388 e. The molecule has 0 saturated carbocycles. The van der Waals surface area contributed by atoms with E-state index >= 15 is 0 Å². The monoisotopic (exact) mass is 488 g/mol. The molecule has 3 aromatic heterocycles. The molecule has 3 heterocycles. The zero-order chi connectivity index (χ0) is 26.4. The highest BCUT2D eigenvalue weighted by atomic mass is 14.9. The number of allylic oxidation sites excluding steroid dienone is 5. The van der Waals surface area contributed by atoms with Crippen LogP contribution >= 0.6 is 0 Å². The predicted molar refractivity (Wildman–Crippen MR) is 156 cm³/mol. The van der Waals surface area contributed by atoms with Crippen molar-refractivity contribution in [1.82, 2.24) is 25.3 Å². The zero-order valence-corrected chi connectivity index (χ0v) is 21.6. The minimum Gasteiger partial charge on any atom is -0.388 e. The number of nitrogens with one attached hydrogen (secondary N) is 3. The van der Waals surface area contributed by atoms with Crippen molar-refractivity contribution >= 4 is 27.9 Å². The standard InChI is InChI=1S/C31H32N6/c1-7-20(4)35-24(9-3)16-22(8-2)23-13-14-27(32-6)25(17-23)21(5)31-36-29-19-33-18-26(30(29)37-31)28-12-10-11-15-34-28/h8-19,32,35H,3-5,7H2,1-2,6H3,(H,36,37)/b22-8+,24-16+. The van der Waals surface area contributed by atoms with Crippen molar-refractivity contribution in [2.24, 2.45) is 0 Å². The summed E-state index contributed by atoms with van der Waals surface area (Å²) in [5.74, 6) is 0.680. The van der Waals surface area contributed by atoms with Gasteiger partial charge in [-0.1, -0.05) is 44.9 Å². The van der Waals surface area contributed by atoms with Crippen LogP contribution in [-0.4, -0.2) is 27.0 Å². The summed E-state index contributed by atoms with van der Waals surface area (Å²) in [4.78, 5) is 17.2. The molecule has 0 unspecified atom stereocenters. The van der Waals surface area contributed by atoms with Gasteiger partial charge in [0.1, 0.15) is 11.3 Å². The van der Waals surface area contributed by atoms with Crippen LogP contribution in [0.3, 0.4) is 0 Å². The van der Waals surface area contributed by atoms with Crippen molar-refractivity contribution in [2.45, 2.75) is 20.3 Å². The second-order valence-corrected chi connectivity index (χ2v) is 8.50. The Balaban J connectivity index is 1.75. The number of pyridine rings is 2. The van der Waals surface area contributed by atoms with Gasteiger partial charge in [-0.15, -0.1) is 0 Å². The number of H-pyrrole nitrogens is 1. The average Bonchev–Trinajstić information content (AvgIpc) is 3.39. The predicted octanol–water partition coefficient (Wildman–Crippen LogP) is 7.11. The molecule has 0 bridgehead atoms. The fraction of sp³-hybridized carbons (Fsp3) is 0.129. The van der Waals surface area contributed by atoms with Crippen molar-refractivity contribution in [3.63, 3.8) is 0 Å². The van der Waals surface area contributed by atoms with Crippen LogP contribution in [0.1, 0.15) is 37.2 Å². The van der Waals surface area contributed by atoms with Crippen LogP contribution in [-0.2, 0) is 0 Å².